The molecule has 0 saturated heterocycles. The van der Waals surface area contributed by atoms with Crippen LogP contribution in [-0.4, -0.2) is 28.0 Å². The van der Waals surface area contributed by atoms with E-state index in [2.05, 4.69) is 5.32 Å². The number of aromatic nitrogens is 1. The van der Waals surface area contributed by atoms with Gasteiger partial charge in [0.05, 0.1) is 6.54 Å². The molecule has 2 aliphatic rings. The Kier molecular flexibility index (Phi) is 4.82. The largest absolute Gasteiger partial charge is 0.351 e. The first-order valence-corrected chi connectivity index (χ1v) is 11.3. The van der Waals surface area contributed by atoms with E-state index in [1.54, 1.807) is 4.90 Å². The lowest BCUT2D eigenvalue weighted by molar-refractivity contribution is -0.127. The second-order valence-corrected chi connectivity index (χ2v) is 9.33. The number of carbonyl (C=O) groups is 2. The number of fused-ring (bicyclic) bond motifs is 3. The third-order valence-corrected chi connectivity index (χ3v) is 7.26. The van der Waals surface area contributed by atoms with E-state index in [1.807, 2.05) is 66.9 Å². The molecule has 2 aromatic carbocycles. The van der Waals surface area contributed by atoms with E-state index in [0.29, 0.717) is 22.9 Å². The monoisotopic (exact) mass is 435 g/mol. The van der Waals surface area contributed by atoms with Crippen molar-refractivity contribution < 1.29 is 9.59 Å². The van der Waals surface area contributed by atoms with Crippen molar-refractivity contribution in [2.45, 2.75) is 57.7 Å². The molecule has 2 amide bonds. The topological polar surface area (TPSA) is 54.3 Å². The molecule has 0 bridgehead atoms. The minimum Gasteiger partial charge on any atom is -0.351 e. The number of amides is 2. The molecule has 1 N–H and O–H groups in total. The molecule has 6 heteroatoms. The van der Waals surface area contributed by atoms with E-state index in [4.69, 9.17) is 11.6 Å². The Balaban J connectivity index is 1.67. The number of anilines is 1. The third-order valence-electron chi connectivity index (χ3n) is 6.85. The Morgan fingerprint density at radius 3 is 2.65 bits per heavy atom. The van der Waals surface area contributed by atoms with Crippen LogP contribution in [0.25, 0.3) is 10.9 Å². The molecular formula is C25H26ClN3O2. The van der Waals surface area contributed by atoms with Crippen LogP contribution in [0.3, 0.4) is 0 Å². The first-order valence-electron chi connectivity index (χ1n) is 10.9. The first-order chi connectivity index (χ1) is 14.9. The van der Waals surface area contributed by atoms with E-state index < -0.39 is 5.54 Å². The van der Waals surface area contributed by atoms with Gasteiger partial charge in [-0.1, -0.05) is 48.7 Å². The molecule has 160 valence electrons. The van der Waals surface area contributed by atoms with Gasteiger partial charge in [-0.3, -0.25) is 14.5 Å². The summed E-state index contributed by atoms with van der Waals surface area (Å²) in [6, 6.07) is 15.5. The molecule has 1 saturated carbocycles. The number of nitrogens with one attached hydrogen (secondary N) is 1. The predicted octanol–water partition coefficient (Wildman–Crippen LogP) is 5.08. The van der Waals surface area contributed by atoms with Crippen LogP contribution in [0.2, 0.25) is 5.02 Å². The quantitative estimate of drug-likeness (QED) is 0.623. The predicted molar refractivity (Wildman–Crippen MR) is 124 cm³/mol. The summed E-state index contributed by atoms with van der Waals surface area (Å²) in [4.78, 5) is 29.3. The molecule has 2 heterocycles. The van der Waals surface area contributed by atoms with E-state index >= 15 is 0 Å². The van der Waals surface area contributed by atoms with Crippen LogP contribution in [0.1, 0.15) is 48.7 Å². The molecule has 0 radical (unpaired) electrons. The SMILES string of the molecule is Cc1c(Cl)cccc1N1C(=O)c2cc3ccccc3n2C[C@]1(C)C(=O)NC1CCCC1. The molecule has 0 unspecified atom stereocenters. The van der Waals surface area contributed by atoms with Gasteiger partial charge >= 0.3 is 0 Å². The second-order valence-electron chi connectivity index (χ2n) is 8.93. The molecule has 1 fully saturated rings. The highest BCUT2D eigenvalue weighted by Gasteiger charge is 2.49. The molecule has 1 aliphatic heterocycles. The summed E-state index contributed by atoms with van der Waals surface area (Å²) in [7, 11) is 0. The Morgan fingerprint density at radius 1 is 1.13 bits per heavy atom. The number of carbonyl (C=O) groups excluding carboxylic acids is 2. The summed E-state index contributed by atoms with van der Waals surface area (Å²) in [6.07, 6.45) is 4.24. The van der Waals surface area contributed by atoms with Crippen molar-refractivity contribution in [1.82, 2.24) is 9.88 Å². The second kappa shape index (κ2) is 7.41. The molecule has 3 aromatic rings. The van der Waals surface area contributed by atoms with Gasteiger partial charge in [-0.05, 0) is 56.5 Å². The van der Waals surface area contributed by atoms with E-state index in [-0.39, 0.29) is 17.9 Å². The zero-order valence-corrected chi connectivity index (χ0v) is 18.6. The van der Waals surface area contributed by atoms with Crippen LogP contribution in [0.5, 0.6) is 0 Å². The zero-order chi connectivity index (χ0) is 21.8. The van der Waals surface area contributed by atoms with Crippen LogP contribution in [0, 0.1) is 6.92 Å². The van der Waals surface area contributed by atoms with Crippen molar-refractivity contribution >= 4 is 40.0 Å². The number of halogens is 1. The number of para-hydroxylation sites is 1. The Morgan fingerprint density at radius 2 is 1.87 bits per heavy atom. The van der Waals surface area contributed by atoms with Gasteiger partial charge in [0, 0.05) is 27.7 Å². The van der Waals surface area contributed by atoms with Crippen LogP contribution >= 0.6 is 11.6 Å². The van der Waals surface area contributed by atoms with Gasteiger partial charge in [0.25, 0.3) is 5.91 Å². The fourth-order valence-corrected chi connectivity index (χ4v) is 5.24. The van der Waals surface area contributed by atoms with Crippen molar-refractivity contribution in [1.29, 1.82) is 0 Å². The molecule has 5 nitrogen and oxygen atoms in total. The minimum atomic E-state index is -1.08. The summed E-state index contributed by atoms with van der Waals surface area (Å²) >= 11 is 6.41. The molecule has 1 aliphatic carbocycles. The highest BCUT2D eigenvalue weighted by molar-refractivity contribution is 6.32. The minimum absolute atomic E-state index is 0.115. The van der Waals surface area contributed by atoms with Crippen LogP contribution in [0.15, 0.2) is 48.5 Å². The van der Waals surface area contributed by atoms with Crippen molar-refractivity contribution in [3.8, 4) is 0 Å². The summed E-state index contributed by atoms with van der Waals surface area (Å²) < 4.78 is 1.99. The normalized spacial score (nSPS) is 21.5. The summed E-state index contributed by atoms with van der Waals surface area (Å²) in [5, 5.41) is 4.81. The average Bonchev–Trinajstić information content (AvgIpc) is 3.39. The van der Waals surface area contributed by atoms with Crippen molar-refractivity contribution in [2.24, 2.45) is 0 Å². The molecule has 5 rings (SSSR count). The zero-order valence-electron chi connectivity index (χ0n) is 17.8. The maximum absolute atomic E-state index is 13.9. The van der Waals surface area contributed by atoms with Crippen LogP contribution in [0.4, 0.5) is 5.69 Å². The Bertz CT molecular complexity index is 1190. The highest BCUT2D eigenvalue weighted by Crippen LogP contribution is 2.39. The van der Waals surface area contributed by atoms with Crippen LogP contribution in [-0.2, 0) is 11.3 Å². The lowest BCUT2D eigenvalue weighted by Gasteiger charge is -2.45. The summed E-state index contributed by atoms with van der Waals surface area (Å²) in [5.74, 6) is -0.299. The lowest BCUT2D eigenvalue weighted by atomic mass is 9.92. The van der Waals surface area contributed by atoms with E-state index in [0.717, 1.165) is 42.1 Å². The number of rotatable bonds is 3. The average molecular weight is 436 g/mol. The number of hydrogen-bond acceptors (Lipinski definition) is 2. The van der Waals surface area contributed by atoms with Crippen molar-refractivity contribution in [3.05, 3.63) is 64.8 Å². The summed E-state index contributed by atoms with van der Waals surface area (Å²) in [6.45, 7) is 4.14. The van der Waals surface area contributed by atoms with Gasteiger partial charge < -0.3 is 9.88 Å². The number of benzene rings is 2. The fourth-order valence-electron chi connectivity index (χ4n) is 5.07. The number of hydrogen-bond donors (Lipinski definition) is 1. The van der Waals surface area contributed by atoms with E-state index in [9.17, 15) is 9.59 Å². The highest BCUT2D eigenvalue weighted by atomic mass is 35.5. The van der Waals surface area contributed by atoms with Crippen LogP contribution < -0.4 is 10.2 Å². The Hall–Kier alpha value is -2.79. The van der Waals surface area contributed by atoms with Gasteiger partial charge in [-0.2, -0.15) is 0 Å². The first kappa shape index (κ1) is 20.1. The Labute approximate surface area is 187 Å². The molecule has 0 spiro atoms. The summed E-state index contributed by atoms with van der Waals surface area (Å²) in [5.41, 5.74) is 1.95. The standard InChI is InChI=1S/C25H26ClN3O2/c1-16-19(26)11-7-13-20(16)29-23(30)22-14-17-8-3-6-12-21(17)28(22)15-25(29,2)24(31)27-18-9-4-5-10-18/h3,6-8,11-14,18H,4-5,9-10,15H2,1-2H3,(H,27,31)/t25-/m1/s1. The smallest absolute Gasteiger partial charge is 0.275 e. The molecule has 31 heavy (non-hydrogen) atoms. The van der Waals surface area contributed by atoms with Gasteiger partial charge in [0.15, 0.2) is 0 Å². The van der Waals surface area contributed by atoms with Gasteiger partial charge in [-0.15, -0.1) is 0 Å². The third kappa shape index (κ3) is 3.14. The van der Waals surface area contributed by atoms with E-state index in [1.165, 1.54) is 0 Å². The molecule has 1 aromatic heterocycles. The van der Waals surface area contributed by atoms with Crippen molar-refractivity contribution in [3.63, 3.8) is 0 Å². The fraction of sp³-hybridized carbons (Fsp3) is 0.360. The van der Waals surface area contributed by atoms with Gasteiger partial charge in [0.1, 0.15) is 11.2 Å². The molecular weight excluding hydrogens is 410 g/mol. The van der Waals surface area contributed by atoms with Gasteiger partial charge in [0.2, 0.25) is 5.91 Å². The van der Waals surface area contributed by atoms with Crippen molar-refractivity contribution in [2.75, 3.05) is 4.90 Å². The number of nitrogens with zero attached hydrogens (tertiary/aromatic N) is 2. The maximum atomic E-state index is 13.9. The maximum Gasteiger partial charge on any atom is 0.275 e. The molecule has 1 atom stereocenters. The lowest BCUT2D eigenvalue weighted by Crippen LogP contribution is -2.65. The van der Waals surface area contributed by atoms with Gasteiger partial charge in [-0.25, -0.2) is 0 Å².